The normalized spacial score (nSPS) is 11.1. The Morgan fingerprint density at radius 2 is 2.07 bits per heavy atom. The number of furan rings is 1. The number of benzene rings is 1. The van der Waals surface area contributed by atoms with Crippen molar-refractivity contribution in [1.29, 1.82) is 0 Å². The van der Waals surface area contributed by atoms with Crippen molar-refractivity contribution in [1.82, 2.24) is 10.6 Å². The summed E-state index contributed by atoms with van der Waals surface area (Å²) in [6.45, 7) is 4.86. The summed E-state index contributed by atoms with van der Waals surface area (Å²) >= 11 is 0. The van der Waals surface area contributed by atoms with Crippen LogP contribution in [0.3, 0.4) is 0 Å². The molecular formula is C19H26F2IN3O2. The maximum atomic E-state index is 13.6. The molecule has 0 aliphatic carbocycles. The first-order valence-corrected chi connectivity index (χ1v) is 8.75. The number of nitrogens with zero attached hydrogens (tertiary/aromatic N) is 1. The maximum Gasteiger partial charge on any atom is 0.191 e. The fourth-order valence-corrected chi connectivity index (χ4v) is 2.31. The average molecular weight is 493 g/mol. The van der Waals surface area contributed by atoms with Crippen LogP contribution in [0.25, 0.3) is 0 Å². The van der Waals surface area contributed by atoms with E-state index in [1.54, 1.807) is 6.26 Å². The second kappa shape index (κ2) is 13.5. The molecule has 0 unspecified atom stereocenters. The largest absolute Gasteiger partial charge is 0.467 e. The van der Waals surface area contributed by atoms with Crippen LogP contribution in [-0.2, 0) is 17.8 Å². The smallest absolute Gasteiger partial charge is 0.191 e. The monoisotopic (exact) mass is 493 g/mol. The summed E-state index contributed by atoms with van der Waals surface area (Å²) in [6, 6.07) is 7.33. The Labute approximate surface area is 175 Å². The van der Waals surface area contributed by atoms with E-state index >= 15 is 0 Å². The second-order valence-corrected chi connectivity index (χ2v) is 5.66. The Balaban J connectivity index is 0.00000364. The summed E-state index contributed by atoms with van der Waals surface area (Å²) < 4.78 is 37.2. The summed E-state index contributed by atoms with van der Waals surface area (Å²) in [5.74, 6) is 0.378. The summed E-state index contributed by atoms with van der Waals surface area (Å²) in [4.78, 5) is 4.45. The molecule has 2 N–H and O–H groups in total. The van der Waals surface area contributed by atoms with Crippen LogP contribution >= 0.6 is 24.0 Å². The quantitative estimate of drug-likeness (QED) is 0.228. The van der Waals surface area contributed by atoms with Gasteiger partial charge in [-0.15, -0.1) is 24.0 Å². The lowest BCUT2D eigenvalue weighted by molar-refractivity contribution is 0.105. The van der Waals surface area contributed by atoms with Gasteiger partial charge >= 0.3 is 0 Å². The molecule has 1 aromatic carbocycles. The molecule has 1 aromatic heterocycles. The summed E-state index contributed by atoms with van der Waals surface area (Å²) in [5.41, 5.74) is 0.473. The third-order valence-electron chi connectivity index (χ3n) is 3.59. The van der Waals surface area contributed by atoms with Crippen molar-refractivity contribution in [2.75, 3.05) is 26.2 Å². The molecule has 2 rings (SSSR count). The van der Waals surface area contributed by atoms with Crippen molar-refractivity contribution in [2.24, 2.45) is 4.99 Å². The number of rotatable bonds is 10. The number of halogens is 3. The van der Waals surface area contributed by atoms with Gasteiger partial charge in [0.05, 0.1) is 6.26 Å². The van der Waals surface area contributed by atoms with E-state index in [1.807, 2.05) is 19.1 Å². The molecule has 0 spiro atoms. The third kappa shape index (κ3) is 9.18. The number of ether oxygens (including phenoxy) is 1. The SMILES string of the molecule is CCNC(=NCCCOCc1ccco1)NCCc1ccc(F)cc1F.I. The molecule has 0 atom stereocenters. The molecular weight excluding hydrogens is 467 g/mol. The second-order valence-electron chi connectivity index (χ2n) is 5.66. The van der Waals surface area contributed by atoms with Gasteiger partial charge in [0.15, 0.2) is 5.96 Å². The summed E-state index contributed by atoms with van der Waals surface area (Å²) in [5, 5.41) is 6.28. The van der Waals surface area contributed by atoms with Gasteiger partial charge in [0.25, 0.3) is 0 Å². The lowest BCUT2D eigenvalue weighted by Gasteiger charge is -2.11. The van der Waals surface area contributed by atoms with Crippen LogP contribution in [0.1, 0.15) is 24.7 Å². The van der Waals surface area contributed by atoms with Crippen molar-refractivity contribution < 1.29 is 17.9 Å². The maximum absolute atomic E-state index is 13.6. The van der Waals surface area contributed by atoms with E-state index in [-0.39, 0.29) is 24.0 Å². The standard InChI is InChI=1S/C19H25F2N3O2.HI/c1-2-22-19(23-9-4-11-25-14-17-5-3-12-26-17)24-10-8-15-6-7-16(20)13-18(15)21;/h3,5-7,12-13H,2,4,8-11,14H2,1H3,(H2,22,23,24);1H. The van der Waals surface area contributed by atoms with Gasteiger partial charge < -0.3 is 19.8 Å². The lowest BCUT2D eigenvalue weighted by atomic mass is 10.1. The van der Waals surface area contributed by atoms with E-state index in [1.165, 1.54) is 12.1 Å². The third-order valence-corrected chi connectivity index (χ3v) is 3.59. The van der Waals surface area contributed by atoms with Crippen LogP contribution in [0, 0.1) is 11.6 Å². The molecule has 0 aliphatic rings. The van der Waals surface area contributed by atoms with Crippen LogP contribution in [0.2, 0.25) is 0 Å². The number of hydrogen-bond acceptors (Lipinski definition) is 3. The summed E-state index contributed by atoms with van der Waals surface area (Å²) in [6.07, 6.45) is 2.85. The molecule has 0 bridgehead atoms. The van der Waals surface area contributed by atoms with Crippen LogP contribution in [0.15, 0.2) is 46.0 Å². The molecule has 0 aliphatic heterocycles. The van der Waals surface area contributed by atoms with Crippen molar-refractivity contribution in [3.05, 3.63) is 59.6 Å². The van der Waals surface area contributed by atoms with Gasteiger partial charge in [-0.05, 0) is 43.5 Å². The highest BCUT2D eigenvalue weighted by Crippen LogP contribution is 2.09. The van der Waals surface area contributed by atoms with Gasteiger partial charge in [-0.3, -0.25) is 4.99 Å². The van der Waals surface area contributed by atoms with Gasteiger partial charge in [0.2, 0.25) is 0 Å². The highest BCUT2D eigenvalue weighted by molar-refractivity contribution is 14.0. The fourth-order valence-electron chi connectivity index (χ4n) is 2.31. The van der Waals surface area contributed by atoms with E-state index in [9.17, 15) is 8.78 Å². The van der Waals surface area contributed by atoms with Gasteiger partial charge in [0, 0.05) is 32.3 Å². The Hall–Kier alpha value is -1.68. The van der Waals surface area contributed by atoms with Crippen LogP contribution in [-0.4, -0.2) is 32.2 Å². The number of aliphatic imine (C=N–C) groups is 1. The molecule has 0 amide bonds. The van der Waals surface area contributed by atoms with Crippen molar-refractivity contribution >= 4 is 29.9 Å². The Kier molecular flexibility index (Phi) is 11.7. The van der Waals surface area contributed by atoms with Crippen LogP contribution in [0.5, 0.6) is 0 Å². The molecule has 1 heterocycles. The minimum Gasteiger partial charge on any atom is -0.467 e. The molecule has 0 fully saturated rings. The highest BCUT2D eigenvalue weighted by atomic mass is 127. The van der Waals surface area contributed by atoms with E-state index < -0.39 is 11.6 Å². The van der Waals surface area contributed by atoms with Crippen molar-refractivity contribution in [2.45, 2.75) is 26.4 Å². The topological polar surface area (TPSA) is 58.8 Å². The molecule has 150 valence electrons. The van der Waals surface area contributed by atoms with E-state index in [2.05, 4.69) is 15.6 Å². The fraction of sp³-hybridized carbons (Fsp3) is 0.421. The predicted octanol–water partition coefficient (Wildman–Crippen LogP) is 3.88. The molecule has 2 aromatic rings. The first kappa shape index (κ1) is 23.4. The Morgan fingerprint density at radius 1 is 1.22 bits per heavy atom. The van der Waals surface area contributed by atoms with Gasteiger partial charge in [0.1, 0.15) is 24.0 Å². The molecule has 5 nitrogen and oxygen atoms in total. The Bertz CT molecular complexity index is 682. The van der Waals surface area contributed by atoms with E-state index in [4.69, 9.17) is 9.15 Å². The van der Waals surface area contributed by atoms with Crippen molar-refractivity contribution in [3.8, 4) is 0 Å². The average Bonchev–Trinajstić information content (AvgIpc) is 3.13. The number of guanidine groups is 1. The van der Waals surface area contributed by atoms with Gasteiger partial charge in [-0.1, -0.05) is 6.07 Å². The van der Waals surface area contributed by atoms with E-state index in [0.29, 0.717) is 44.2 Å². The zero-order valence-corrected chi connectivity index (χ0v) is 17.7. The zero-order valence-electron chi connectivity index (χ0n) is 15.3. The predicted molar refractivity (Wildman–Crippen MR) is 112 cm³/mol. The minimum atomic E-state index is -0.566. The molecule has 8 heteroatoms. The molecule has 0 radical (unpaired) electrons. The van der Waals surface area contributed by atoms with Crippen LogP contribution < -0.4 is 10.6 Å². The minimum absolute atomic E-state index is 0. The highest BCUT2D eigenvalue weighted by Gasteiger charge is 2.04. The van der Waals surface area contributed by atoms with E-state index in [0.717, 1.165) is 24.8 Å². The van der Waals surface area contributed by atoms with Crippen molar-refractivity contribution in [3.63, 3.8) is 0 Å². The number of nitrogens with one attached hydrogen (secondary N) is 2. The zero-order chi connectivity index (χ0) is 18.6. The van der Waals surface area contributed by atoms with Gasteiger partial charge in [-0.2, -0.15) is 0 Å². The summed E-state index contributed by atoms with van der Waals surface area (Å²) in [7, 11) is 0. The molecule has 0 saturated heterocycles. The lowest BCUT2D eigenvalue weighted by Crippen LogP contribution is -2.38. The first-order valence-electron chi connectivity index (χ1n) is 8.75. The number of hydrogen-bond donors (Lipinski definition) is 2. The Morgan fingerprint density at radius 3 is 2.78 bits per heavy atom. The van der Waals surface area contributed by atoms with Gasteiger partial charge in [-0.25, -0.2) is 8.78 Å². The molecule has 0 saturated carbocycles. The van der Waals surface area contributed by atoms with Crippen LogP contribution in [0.4, 0.5) is 8.78 Å². The first-order chi connectivity index (χ1) is 12.7. The molecule has 27 heavy (non-hydrogen) atoms.